The highest BCUT2D eigenvalue weighted by molar-refractivity contribution is 6.29. The van der Waals surface area contributed by atoms with Crippen molar-refractivity contribution in [2.75, 3.05) is 0 Å². The monoisotopic (exact) mass is 391 g/mol. The summed E-state index contributed by atoms with van der Waals surface area (Å²) in [6.45, 7) is 0. The van der Waals surface area contributed by atoms with Gasteiger partial charge in [-0.15, -0.1) is 0 Å². The van der Waals surface area contributed by atoms with Crippen LogP contribution in [0.3, 0.4) is 0 Å². The number of alkyl halides is 3. The number of halogens is 4. The summed E-state index contributed by atoms with van der Waals surface area (Å²) in [4.78, 5) is 8.28. The Hall–Kier alpha value is -2.61. The van der Waals surface area contributed by atoms with Crippen molar-refractivity contribution in [3.05, 3.63) is 65.1 Å². The zero-order valence-electron chi connectivity index (χ0n) is 13.9. The first-order valence-corrected chi connectivity index (χ1v) is 8.79. The number of nitrogens with zero attached hydrogens (tertiary/aromatic N) is 5. The largest absolute Gasteiger partial charge is 0.396 e. The Bertz CT molecular complexity index is 1160. The van der Waals surface area contributed by atoms with Gasteiger partial charge in [-0.2, -0.15) is 18.3 Å². The third-order valence-electron chi connectivity index (χ3n) is 4.96. The molecule has 138 valence electrons. The van der Waals surface area contributed by atoms with E-state index in [2.05, 4.69) is 15.1 Å². The van der Waals surface area contributed by atoms with Gasteiger partial charge in [-0.3, -0.25) is 0 Å². The lowest BCUT2D eigenvalue weighted by Crippen LogP contribution is -2.14. The molecule has 1 unspecified atom stereocenters. The molecule has 5 rings (SSSR count). The third kappa shape index (κ3) is 2.93. The van der Waals surface area contributed by atoms with Crippen molar-refractivity contribution < 1.29 is 13.2 Å². The maximum Gasteiger partial charge on any atom is 0.396 e. The molecule has 0 aromatic carbocycles. The lowest BCUT2D eigenvalue weighted by atomic mass is 10.1. The van der Waals surface area contributed by atoms with Crippen LogP contribution in [0.1, 0.15) is 35.2 Å². The van der Waals surface area contributed by atoms with Gasteiger partial charge in [0, 0.05) is 24.2 Å². The summed E-state index contributed by atoms with van der Waals surface area (Å²) in [6.07, 6.45) is 2.18. The van der Waals surface area contributed by atoms with Crippen molar-refractivity contribution >= 4 is 22.8 Å². The molecule has 1 aliphatic rings. The van der Waals surface area contributed by atoms with Gasteiger partial charge >= 0.3 is 6.18 Å². The molecule has 4 aromatic heterocycles. The first-order chi connectivity index (χ1) is 12.9. The molecule has 2 atom stereocenters. The van der Waals surface area contributed by atoms with Gasteiger partial charge in [0.1, 0.15) is 17.4 Å². The van der Waals surface area contributed by atoms with Crippen molar-refractivity contribution in [3.63, 3.8) is 0 Å². The number of aromatic nitrogens is 5. The van der Waals surface area contributed by atoms with Crippen LogP contribution in [0.5, 0.6) is 0 Å². The summed E-state index contributed by atoms with van der Waals surface area (Å²) < 4.78 is 41.5. The minimum Gasteiger partial charge on any atom is -0.303 e. The van der Waals surface area contributed by atoms with Crippen LogP contribution in [0, 0.1) is 0 Å². The average molecular weight is 392 g/mol. The van der Waals surface area contributed by atoms with Crippen LogP contribution in [0.4, 0.5) is 13.2 Å². The molecule has 0 N–H and O–H groups in total. The molecule has 0 aliphatic heterocycles. The van der Waals surface area contributed by atoms with E-state index in [0.717, 1.165) is 23.2 Å². The lowest BCUT2D eigenvalue weighted by Gasteiger charge is -2.08. The Morgan fingerprint density at radius 3 is 2.85 bits per heavy atom. The molecular formula is C18H13ClF3N5. The highest BCUT2D eigenvalue weighted by Gasteiger charge is 2.41. The zero-order valence-corrected chi connectivity index (χ0v) is 14.6. The molecule has 4 heterocycles. The van der Waals surface area contributed by atoms with Crippen LogP contribution in [0.15, 0.2) is 43.0 Å². The maximum atomic E-state index is 12.8. The molecule has 0 saturated heterocycles. The molecule has 1 saturated carbocycles. The summed E-state index contributed by atoms with van der Waals surface area (Å²) in [6, 6.07) is 5.58. The Balaban J connectivity index is 1.50. The standard InChI is InChI=1S/C18H13ClF3N5/c19-15-6-14(17-23-3-4-27(17)25-15)13-5-12(13)10-1-2-11-8-24-16(26(11)9-10)7-18(20,21)22/h1-4,6,8-9,12-13H,5,7H2/t12-,13?/m1/s1. The average Bonchev–Trinajstić information content (AvgIpc) is 3.10. The van der Waals surface area contributed by atoms with Crippen molar-refractivity contribution in [1.29, 1.82) is 0 Å². The first-order valence-electron chi connectivity index (χ1n) is 8.41. The minimum absolute atomic E-state index is 0.000784. The second-order valence-corrected chi connectivity index (χ2v) is 7.18. The fraction of sp³-hybridized carbons (Fsp3) is 0.278. The van der Waals surface area contributed by atoms with Gasteiger partial charge in [-0.25, -0.2) is 14.5 Å². The predicted octanol–water partition coefficient (Wildman–Crippen LogP) is 4.41. The fourth-order valence-corrected chi connectivity index (χ4v) is 3.88. The van der Waals surface area contributed by atoms with Crippen LogP contribution < -0.4 is 0 Å². The normalized spacial score (nSPS) is 19.9. The number of pyridine rings is 1. The minimum atomic E-state index is -4.29. The smallest absolute Gasteiger partial charge is 0.303 e. The second-order valence-electron chi connectivity index (χ2n) is 6.79. The van der Waals surface area contributed by atoms with Crippen LogP contribution >= 0.6 is 11.6 Å². The number of hydrogen-bond donors (Lipinski definition) is 0. The maximum absolute atomic E-state index is 12.8. The van der Waals surface area contributed by atoms with E-state index < -0.39 is 12.6 Å². The van der Waals surface area contributed by atoms with Gasteiger partial charge in [-0.05, 0) is 36.0 Å². The summed E-state index contributed by atoms with van der Waals surface area (Å²) in [7, 11) is 0. The molecule has 4 aromatic rings. The van der Waals surface area contributed by atoms with E-state index in [1.165, 1.54) is 10.6 Å². The number of hydrogen-bond acceptors (Lipinski definition) is 3. The Morgan fingerprint density at radius 1 is 1.19 bits per heavy atom. The molecule has 0 radical (unpaired) electrons. The van der Waals surface area contributed by atoms with Crippen molar-refractivity contribution in [1.82, 2.24) is 24.0 Å². The first kappa shape index (κ1) is 16.6. The molecule has 0 spiro atoms. The van der Waals surface area contributed by atoms with Crippen molar-refractivity contribution in [2.45, 2.75) is 30.9 Å². The number of imidazole rings is 2. The summed E-state index contributed by atoms with van der Waals surface area (Å²) in [5.74, 6) is 0.413. The van der Waals surface area contributed by atoms with Gasteiger partial charge < -0.3 is 4.40 Å². The fourth-order valence-electron chi connectivity index (χ4n) is 3.68. The molecular weight excluding hydrogens is 379 g/mol. The Labute approximate surface area is 156 Å². The number of fused-ring (bicyclic) bond motifs is 2. The van der Waals surface area contributed by atoms with E-state index in [9.17, 15) is 13.2 Å². The van der Waals surface area contributed by atoms with Crippen molar-refractivity contribution in [2.24, 2.45) is 0 Å². The van der Waals surface area contributed by atoms with E-state index in [0.29, 0.717) is 10.7 Å². The van der Waals surface area contributed by atoms with Crippen LogP contribution in [0.2, 0.25) is 5.15 Å². The van der Waals surface area contributed by atoms with E-state index >= 15 is 0 Å². The van der Waals surface area contributed by atoms with Crippen LogP contribution in [-0.2, 0) is 6.42 Å². The van der Waals surface area contributed by atoms with Gasteiger partial charge in [0.25, 0.3) is 0 Å². The summed E-state index contributed by atoms with van der Waals surface area (Å²) in [5, 5.41) is 4.57. The van der Waals surface area contributed by atoms with E-state index in [4.69, 9.17) is 11.6 Å². The van der Waals surface area contributed by atoms with Crippen LogP contribution in [-0.4, -0.2) is 30.2 Å². The Kier molecular flexibility index (Phi) is 3.49. The second kappa shape index (κ2) is 5.69. The molecule has 5 nitrogen and oxygen atoms in total. The molecule has 9 heteroatoms. The highest BCUT2D eigenvalue weighted by Crippen LogP contribution is 2.55. The summed E-state index contributed by atoms with van der Waals surface area (Å²) >= 11 is 6.11. The predicted molar refractivity (Wildman–Crippen MR) is 93.0 cm³/mol. The SMILES string of the molecule is FC(F)(F)Cc1ncc2ccc([C@H]3CC3c3cc(Cl)nn4ccnc34)cn12. The van der Waals surface area contributed by atoms with E-state index in [1.807, 2.05) is 18.2 Å². The lowest BCUT2D eigenvalue weighted by molar-refractivity contribution is -0.128. The van der Waals surface area contributed by atoms with Crippen molar-refractivity contribution in [3.8, 4) is 0 Å². The van der Waals surface area contributed by atoms with Gasteiger partial charge in [-0.1, -0.05) is 17.7 Å². The zero-order chi connectivity index (χ0) is 18.8. The van der Waals surface area contributed by atoms with Gasteiger partial charge in [0.15, 0.2) is 5.65 Å². The van der Waals surface area contributed by atoms with Gasteiger partial charge in [0.2, 0.25) is 0 Å². The molecule has 0 amide bonds. The number of rotatable bonds is 3. The molecule has 0 bridgehead atoms. The van der Waals surface area contributed by atoms with Gasteiger partial charge in [0.05, 0.1) is 11.7 Å². The van der Waals surface area contributed by atoms with E-state index in [1.54, 1.807) is 23.1 Å². The van der Waals surface area contributed by atoms with Crippen LogP contribution in [0.25, 0.3) is 11.2 Å². The molecule has 27 heavy (non-hydrogen) atoms. The topological polar surface area (TPSA) is 47.5 Å². The quantitative estimate of drug-likeness (QED) is 0.520. The highest BCUT2D eigenvalue weighted by atomic mass is 35.5. The third-order valence-corrected chi connectivity index (χ3v) is 5.15. The Morgan fingerprint density at radius 2 is 2.04 bits per heavy atom. The summed E-state index contributed by atoms with van der Waals surface area (Å²) in [5.41, 5.74) is 3.39. The van der Waals surface area contributed by atoms with E-state index in [-0.39, 0.29) is 17.7 Å². The molecule has 1 aliphatic carbocycles. The molecule has 1 fully saturated rings.